The number of hydrogen-bond donors (Lipinski definition) is 2. The highest BCUT2D eigenvalue weighted by atomic mass is 19.1. The molecule has 2 bridgehead atoms. The lowest BCUT2D eigenvalue weighted by atomic mass is 10.0. The first-order chi connectivity index (χ1) is 18.7. The number of hydrogen-bond acceptors (Lipinski definition) is 7. The van der Waals surface area contributed by atoms with Crippen molar-refractivity contribution in [3.05, 3.63) is 41.1 Å². The van der Waals surface area contributed by atoms with Crippen molar-refractivity contribution in [3.63, 3.8) is 0 Å². The molecule has 1 atom stereocenters. The Balaban J connectivity index is 1.74. The Kier molecular flexibility index (Phi) is 7.46. The van der Waals surface area contributed by atoms with E-state index in [1.807, 2.05) is 30.7 Å². The number of benzene rings is 1. The number of nitrogens with zero attached hydrogens (tertiary/aromatic N) is 6. The third-order valence-electron chi connectivity index (χ3n) is 7.01. The lowest BCUT2D eigenvalue weighted by Gasteiger charge is -2.33. The summed E-state index contributed by atoms with van der Waals surface area (Å²) in [5.41, 5.74) is 3.95. The molecule has 3 aromatic heterocycles. The number of nitrogens with one attached hydrogen (secondary N) is 1. The smallest absolute Gasteiger partial charge is 0.240 e. The predicted molar refractivity (Wildman–Crippen MR) is 148 cm³/mol. The number of aryl methyl sites for hydroxylation is 1. The van der Waals surface area contributed by atoms with E-state index in [9.17, 15) is 5.11 Å². The monoisotopic (exact) mass is 537 g/mol. The van der Waals surface area contributed by atoms with Crippen LogP contribution in [0.25, 0.3) is 34.2 Å². The van der Waals surface area contributed by atoms with E-state index in [-0.39, 0.29) is 30.6 Å². The standard InChI is InChI=1S/C28H36FN7O3/c1-16(2)35-14-26-19(27(39-17(3)4)33-36(26)9-10-37)7-8-24-21-11-20(23(29)12-25(21)32-31-24)22-13-30-34(6)28(22)38-15-18(35)5/h7-8,11-13,16-18,37H,9-10,14-15H2,1-6H3,(H,31,32)/b8-7+/t18-/m0/s1. The van der Waals surface area contributed by atoms with Gasteiger partial charge in [-0.1, -0.05) is 0 Å². The lowest BCUT2D eigenvalue weighted by Crippen LogP contribution is -2.42. The topological polar surface area (TPSA) is 106 Å². The Bertz CT molecular complexity index is 1500. The number of halogens is 1. The summed E-state index contributed by atoms with van der Waals surface area (Å²) in [5, 5.41) is 27.1. The number of ether oxygens (including phenoxy) is 2. The highest BCUT2D eigenvalue weighted by Crippen LogP contribution is 2.36. The zero-order valence-electron chi connectivity index (χ0n) is 23.3. The van der Waals surface area contributed by atoms with Gasteiger partial charge in [0.25, 0.3) is 0 Å². The molecule has 2 N–H and O–H groups in total. The molecule has 5 rings (SSSR count). The van der Waals surface area contributed by atoms with Gasteiger partial charge >= 0.3 is 0 Å². The van der Waals surface area contributed by atoms with Crippen LogP contribution in [0.2, 0.25) is 0 Å². The van der Waals surface area contributed by atoms with Crippen molar-refractivity contribution >= 4 is 23.1 Å². The third kappa shape index (κ3) is 5.16. The van der Waals surface area contributed by atoms with Crippen LogP contribution in [0.1, 0.15) is 51.6 Å². The highest BCUT2D eigenvalue weighted by Gasteiger charge is 2.26. The molecular weight excluding hydrogens is 501 g/mol. The molecule has 0 amide bonds. The molecule has 0 saturated carbocycles. The molecular formula is C28H36FN7O3. The van der Waals surface area contributed by atoms with Crippen molar-refractivity contribution in [1.82, 2.24) is 34.7 Å². The second-order valence-electron chi connectivity index (χ2n) is 10.5. The Hall–Kier alpha value is -3.70. The number of H-pyrrole nitrogens is 1. The van der Waals surface area contributed by atoms with Crippen molar-refractivity contribution < 1.29 is 19.0 Å². The summed E-state index contributed by atoms with van der Waals surface area (Å²) >= 11 is 0. The van der Waals surface area contributed by atoms with Crippen LogP contribution in [0.4, 0.5) is 4.39 Å². The molecule has 208 valence electrons. The number of fused-ring (bicyclic) bond motifs is 4. The second kappa shape index (κ2) is 10.8. The molecule has 0 radical (unpaired) electrons. The molecule has 39 heavy (non-hydrogen) atoms. The van der Waals surface area contributed by atoms with Gasteiger partial charge in [0, 0.05) is 42.7 Å². The average Bonchev–Trinajstić information content (AvgIpc) is 3.53. The zero-order chi connectivity index (χ0) is 27.8. The highest BCUT2D eigenvalue weighted by molar-refractivity contribution is 5.93. The first kappa shape index (κ1) is 26.9. The number of aliphatic hydroxyl groups excluding tert-OH is 1. The number of aliphatic hydroxyl groups is 1. The van der Waals surface area contributed by atoms with Crippen molar-refractivity contribution in [2.75, 3.05) is 13.2 Å². The van der Waals surface area contributed by atoms with E-state index in [1.54, 1.807) is 24.0 Å². The zero-order valence-corrected chi connectivity index (χ0v) is 23.3. The van der Waals surface area contributed by atoms with Crippen LogP contribution < -0.4 is 9.47 Å². The number of rotatable bonds is 5. The maximum Gasteiger partial charge on any atom is 0.240 e. The van der Waals surface area contributed by atoms with Crippen molar-refractivity contribution in [1.29, 1.82) is 0 Å². The SMILES string of the molecule is CC(C)Oc1nn(CCO)c2c1/C=C/c1n[nH]c3cc(F)c(cc13)-c1cnn(C)c1OC[C@H](C)N(C(C)C)C2. The van der Waals surface area contributed by atoms with E-state index < -0.39 is 0 Å². The molecule has 0 saturated heterocycles. The minimum absolute atomic E-state index is 0.00959. The fourth-order valence-electron chi connectivity index (χ4n) is 5.06. The number of aromatic amines is 1. The number of aromatic nitrogens is 6. The molecule has 0 unspecified atom stereocenters. The van der Waals surface area contributed by atoms with Gasteiger partial charge in [0.05, 0.1) is 53.5 Å². The Morgan fingerprint density at radius 2 is 2.00 bits per heavy atom. The molecule has 4 aromatic rings. The molecule has 0 spiro atoms. The normalized spacial score (nSPS) is 17.2. The van der Waals surface area contributed by atoms with Crippen LogP contribution in [-0.4, -0.2) is 71.2 Å². The molecule has 1 aliphatic heterocycles. The largest absolute Gasteiger partial charge is 0.476 e. The van der Waals surface area contributed by atoms with E-state index >= 15 is 4.39 Å². The summed E-state index contributed by atoms with van der Waals surface area (Å²) < 4.78 is 31.2. The molecule has 10 nitrogen and oxygen atoms in total. The third-order valence-corrected chi connectivity index (χ3v) is 7.01. The van der Waals surface area contributed by atoms with Crippen molar-refractivity contribution in [2.45, 2.75) is 65.9 Å². The maximum atomic E-state index is 15.3. The fourth-order valence-corrected chi connectivity index (χ4v) is 5.06. The summed E-state index contributed by atoms with van der Waals surface area (Å²) in [4.78, 5) is 2.31. The predicted octanol–water partition coefficient (Wildman–Crippen LogP) is 4.24. The minimum Gasteiger partial charge on any atom is -0.476 e. The Morgan fingerprint density at radius 1 is 1.21 bits per heavy atom. The van der Waals surface area contributed by atoms with Crippen LogP contribution in [0.5, 0.6) is 11.8 Å². The molecule has 11 heteroatoms. The minimum atomic E-state index is -0.388. The van der Waals surface area contributed by atoms with Gasteiger partial charge in [0.1, 0.15) is 12.4 Å². The average molecular weight is 538 g/mol. The van der Waals surface area contributed by atoms with Gasteiger partial charge in [-0.2, -0.15) is 10.2 Å². The van der Waals surface area contributed by atoms with Crippen LogP contribution in [0.15, 0.2) is 18.3 Å². The first-order valence-corrected chi connectivity index (χ1v) is 13.3. The van der Waals surface area contributed by atoms with Crippen LogP contribution in [0, 0.1) is 5.82 Å². The van der Waals surface area contributed by atoms with Gasteiger partial charge in [0.15, 0.2) is 0 Å². The van der Waals surface area contributed by atoms with Gasteiger partial charge < -0.3 is 14.6 Å². The van der Waals surface area contributed by atoms with E-state index in [1.165, 1.54) is 6.07 Å². The van der Waals surface area contributed by atoms with Gasteiger partial charge in [-0.25, -0.2) is 9.07 Å². The van der Waals surface area contributed by atoms with Crippen LogP contribution in [-0.2, 0) is 20.1 Å². The molecule has 1 aromatic carbocycles. The maximum absolute atomic E-state index is 15.3. The van der Waals surface area contributed by atoms with E-state index in [2.05, 4.69) is 41.0 Å². The summed E-state index contributed by atoms with van der Waals surface area (Å²) in [7, 11) is 1.79. The van der Waals surface area contributed by atoms with Gasteiger partial charge in [-0.3, -0.25) is 14.7 Å². The van der Waals surface area contributed by atoms with Gasteiger partial charge in [-0.15, -0.1) is 5.10 Å². The van der Waals surface area contributed by atoms with Crippen LogP contribution in [0.3, 0.4) is 0 Å². The van der Waals surface area contributed by atoms with Crippen molar-refractivity contribution in [3.8, 4) is 22.9 Å². The first-order valence-electron chi connectivity index (χ1n) is 13.3. The fraction of sp³-hybridized carbons (Fsp3) is 0.464. The summed E-state index contributed by atoms with van der Waals surface area (Å²) in [5.74, 6) is 0.602. The van der Waals surface area contributed by atoms with E-state index in [4.69, 9.17) is 14.6 Å². The quantitative estimate of drug-likeness (QED) is 0.392. The summed E-state index contributed by atoms with van der Waals surface area (Å²) in [6.45, 7) is 11.5. The summed E-state index contributed by atoms with van der Waals surface area (Å²) in [6, 6.07) is 3.39. The van der Waals surface area contributed by atoms with Crippen molar-refractivity contribution in [2.24, 2.45) is 7.05 Å². The molecule has 0 fully saturated rings. The van der Waals surface area contributed by atoms with E-state index in [0.717, 1.165) is 16.6 Å². The Labute approximate surface area is 227 Å². The lowest BCUT2D eigenvalue weighted by molar-refractivity contribution is 0.102. The molecule has 1 aliphatic rings. The Morgan fingerprint density at radius 3 is 2.72 bits per heavy atom. The summed E-state index contributed by atoms with van der Waals surface area (Å²) in [6.07, 6.45) is 5.38. The van der Waals surface area contributed by atoms with Crippen LogP contribution >= 0.6 is 0 Å². The van der Waals surface area contributed by atoms with Gasteiger partial charge in [0.2, 0.25) is 11.8 Å². The molecule has 4 heterocycles. The van der Waals surface area contributed by atoms with E-state index in [0.29, 0.717) is 53.8 Å². The molecule has 0 aliphatic carbocycles. The van der Waals surface area contributed by atoms with Gasteiger partial charge in [-0.05, 0) is 52.8 Å². The second-order valence-corrected chi connectivity index (χ2v) is 10.5.